The van der Waals surface area contributed by atoms with Crippen LogP contribution in [-0.2, 0) is 19.1 Å². The number of carbonyl (C=O) groups excluding carboxylic acids is 2. The molecule has 0 amide bonds. The number of aryl methyl sites for hydroxylation is 2. The number of esters is 2. The molecule has 0 radical (unpaired) electrons. The topological polar surface area (TPSA) is 150 Å². The summed E-state index contributed by atoms with van der Waals surface area (Å²) >= 11 is 0. The summed E-state index contributed by atoms with van der Waals surface area (Å²) in [6, 6.07) is 6.13. The largest absolute Gasteiger partial charge is 0.512 e. The van der Waals surface area contributed by atoms with E-state index in [0.29, 0.717) is 46.9 Å². The van der Waals surface area contributed by atoms with Gasteiger partial charge in [-0.1, -0.05) is 99.6 Å². The summed E-state index contributed by atoms with van der Waals surface area (Å²) in [7, 11) is 1.33. The number of aliphatic hydroxyl groups excluding tert-OH is 2. The van der Waals surface area contributed by atoms with Crippen molar-refractivity contribution in [2.45, 2.75) is 176 Å². The van der Waals surface area contributed by atoms with Gasteiger partial charge >= 0.3 is 11.9 Å². The maximum Gasteiger partial charge on any atom is 0.321 e. The molecule has 5 heterocycles. The third-order valence-corrected chi connectivity index (χ3v) is 14.8. The second-order valence-corrected chi connectivity index (χ2v) is 20.4. The van der Waals surface area contributed by atoms with Crippen LogP contribution in [0.2, 0.25) is 0 Å². The Morgan fingerprint density at radius 1 is 0.831 bits per heavy atom. The maximum atomic E-state index is 13.7. The van der Waals surface area contributed by atoms with Crippen LogP contribution < -0.4 is 10.4 Å². The summed E-state index contributed by atoms with van der Waals surface area (Å²) in [4.78, 5) is 44.8. The van der Waals surface area contributed by atoms with Gasteiger partial charge in [0.05, 0.1) is 36.2 Å². The van der Waals surface area contributed by atoms with Crippen molar-refractivity contribution in [2.24, 2.45) is 23.7 Å². The molecule has 4 N–H and O–H groups in total. The number of hydrogen-bond acceptors (Lipinski definition) is 8. The standard InChI is InChI=1S/C55H78N4O6/c1-13-39-34(7)41-29-46-48(38(11)60)36(9)43(57-46)27-42-35(8)40(52(58-42)50-51(55(63)64-12)54(62)49-37(10)44(59-53(49)50)28-45(39)56-41)23-24-47(61)65-26-25-33(6)22-16-21-32(5)20-15-19-31(4)18-14-17-30(2)3/h15,20,27-35,39-40,51,57,59-60,62H,13-14,16-19,21-26H2,1-12H3/b20-15+,42-27?,45-28?,46-29?,48-38-/t31-,32-,33?,34+,35-,39+,40-,51+/m0/s1. The quantitative estimate of drug-likeness (QED) is 0.0686. The summed E-state index contributed by atoms with van der Waals surface area (Å²) < 4.78 is 11.2. The first kappa shape index (κ1) is 49.6. The van der Waals surface area contributed by atoms with E-state index in [1.807, 2.05) is 19.9 Å². The van der Waals surface area contributed by atoms with Crippen LogP contribution in [0.15, 0.2) is 30.4 Å². The van der Waals surface area contributed by atoms with Crippen LogP contribution in [0, 0.1) is 37.5 Å². The second-order valence-electron chi connectivity index (χ2n) is 20.4. The fraction of sp³-hybridized carbons (Fsp3) is 0.600. The predicted octanol–water partition coefficient (Wildman–Crippen LogP) is 12.3. The van der Waals surface area contributed by atoms with Crippen LogP contribution in [0.1, 0.15) is 202 Å². The first-order chi connectivity index (χ1) is 30.9. The molecule has 0 saturated carbocycles. The molecule has 10 nitrogen and oxygen atoms in total. The van der Waals surface area contributed by atoms with Gasteiger partial charge in [-0.3, -0.25) is 19.6 Å². The molecule has 0 fully saturated rings. The number of methoxy groups -OCH3 is 1. The highest BCUT2D eigenvalue weighted by Gasteiger charge is 2.42. The molecule has 0 spiro atoms. The SMILES string of the molecule is CC[C@H]1c2cc3[nH]c4c(c5nc(cc6[nH]c(cc(n2)[C@@H]1C)/c(=C(/C)O)c6C)[C@@H](C)[C@@H]5CCC(=O)OCCC(C)CCC[C@@H](C)/C=C/C[C@@H](C)CCCC(C)C)[C@@H](C(=O)OC)C(O)=c4c3C. The number of rotatable bonds is 19. The van der Waals surface area contributed by atoms with Crippen molar-refractivity contribution in [3.05, 3.63) is 80.3 Å². The smallest absolute Gasteiger partial charge is 0.321 e. The van der Waals surface area contributed by atoms with Gasteiger partial charge in [0.2, 0.25) is 0 Å². The van der Waals surface area contributed by atoms with Crippen LogP contribution in [0.25, 0.3) is 33.6 Å². The van der Waals surface area contributed by atoms with E-state index in [1.54, 1.807) is 6.92 Å². The Morgan fingerprint density at radius 2 is 1.48 bits per heavy atom. The number of hydrogen-bond donors (Lipinski definition) is 4. The Bertz CT molecular complexity index is 2530. The number of allylic oxidation sites excluding steroid dienone is 2. The summed E-state index contributed by atoms with van der Waals surface area (Å²) in [5.41, 5.74) is 8.51. The number of aliphatic hydroxyl groups is 2. The third kappa shape index (κ3) is 11.1. The molecule has 3 aliphatic rings. The zero-order valence-corrected chi connectivity index (χ0v) is 41.5. The molecule has 1 aliphatic carbocycles. The average molecular weight is 891 g/mol. The molecule has 2 aliphatic heterocycles. The third-order valence-electron chi connectivity index (χ3n) is 14.8. The van der Waals surface area contributed by atoms with E-state index in [2.05, 4.69) is 89.6 Å². The minimum absolute atomic E-state index is 0.0716. The lowest BCUT2D eigenvalue weighted by Gasteiger charge is -2.19. The molecular formula is C55H78N4O6. The molecule has 8 bridgehead atoms. The fourth-order valence-corrected chi connectivity index (χ4v) is 10.7. The van der Waals surface area contributed by atoms with Gasteiger partial charge in [0, 0.05) is 74.2 Å². The number of nitrogens with one attached hydrogen (secondary N) is 2. The van der Waals surface area contributed by atoms with Crippen molar-refractivity contribution in [1.82, 2.24) is 19.9 Å². The Hall–Kier alpha value is -4.86. The number of fused-ring (bicyclic) bond motifs is 8. The summed E-state index contributed by atoms with van der Waals surface area (Å²) in [6.07, 6.45) is 15.6. The van der Waals surface area contributed by atoms with Gasteiger partial charge in [-0.2, -0.15) is 0 Å². The molecule has 3 aromatic heterocycles. The van der Waals surface area contributed by atoms with E-state index in [-0.39, 0.29) is 47.6 Å². The molecule has 354 valence electrons. The number of aromatic amines is 2. The van der Waals surface area contributed by atoms with E-state index in [9.17, 15) is 19.8 Å². The normalized spacial score (nSPS) is 21.2. The number of nitrogens with zero attached hydrogens (tertiary/aromatic N) is 2. The summed E-state index contributed by atoms with van der Waals surface area (Å²) in [5.74, 6) is 0.573. The van der Waals surface area contributed by atoms with Gasteiger partial charge in [0.1, 0.15) is 11.7 Å². The number of H-pyrrole nitrogens is 2. The molecular weight excluding hydrogens is 813 g/mol. The molecule has 8 atom stereocenters. The van der Waals surface area contributed by atoms with Crippen molar-refractivity contribution in [3.8, 4) is 0 Å². The molecule has 10 heteroatoms. The Morgan fingerprint density at radius 3 is 2.17 bits per heavy atom. The van der Waals surface area contributed by atoms with Crippen molar-refractivity contribution in [2.75, 3.05) is 13.7 Å². The maximum absolute atomic E-state index is 13.7. The summed E-state index contributed by atoms with van der Waals surface area (Å²) in [6.45, 7) is 24.0. The average Bonchev–Trinajstić information content (AvgIpc) is 4.00. The lowest BCUT2D eigenvalue weighted by atomic mass is 9.84. The molecule has 0 aromatic carbocycles. The van der Waals surface area contributed by atoms with Crippen LogP contribution in [0.5, 0.6) is 0 Å². The Kier molecular flexibility index (Phi) is 16.5. The van der Waals surface area contributed by atoms with Gasteiger partial charge < -0.3 is 29.7 Å². The van der Waals surface area contributed by atoms with Gasteiger partial charge in [-0.15, -0.1) is 0 Å². The van der Waals surface area contributed by atoms with Crippen molar-refractivity contribution in [1.29, 1.82) is 0 Å². The molecule has 6 rings (SSSR count). The molecule has 0 saturated heterocycles. The van der Waals surface area contributed by atoms with E-state index in [0.717, 1.165) is 100 Å². The zero-order chi connectivity index (χ0) is 47.3. The van der Waals surface area contributed by atoms with Gasteiger partial charge in [-0.05, 0) is 106 Å². The number of aromatic nitrogens is 4. The van der Waals surface area contributed by atoms with E-state index in [1.165, 1.54) is 26.4 Å². The number of carbonyl (C=O) groups is 2. The van der Waals surface area contributed by atoms with Crippen molar-refractivity contribution in [3.63, 3.8) is 0 Å². The molecule has 65 heavy (non-hydrogen) atoms. The molecule has 3 aromatic rings. The minimum atomic E-state index is -1.08. The van der Waals surface area contributed by atoms with Gasteiger partial charge in [0.25, 0.3) is 0 Å². The van der Waals surface area contributed by atoms with E-state index < -0.39 is 11.9 Å². The predicted molar refractivity (Wildman–Crippen MR) is 263 cm³/mol. The number of ether oxygens (including phenoxy) is 2. The van der Waals surface area contributed by atoms with E-state index in [4.69, 9.17) is 19.4 Å². The van der Waals surface area contributed by atoms with Crippen molar-refractivity contribution < 1.29 is 29.3 Å². The lowest BCUT2D eigenvalue weighted by Crippen LogP contribution is -2.18. The summed E-state index contributed by atoms with van der Waals surface area (Å²) in [5, 5.41) is 24.2. The van der Waals surface area contributed by atoms with Crippen molar-refractivity contribution >= 4 is 45.5 Å². The van der Waals surface area contributed by atoms with Gasteiger partial charge in [-0.25, -0.2) is 0 Å². The first-order valence-electron chi connectivity index (χ1n) is 24.7. The van der Waals surface area contributed by atoms with Crippen LogP contribution in [-0.4, -0.2) is 55.8 Å². The van der Waals surface area contributed by atoms with Crippen LogP contribution in [0.3, 0.4) is 0 Å². The van der Waals surface area contributed by atoms with Gasteiger partial charge in [0.15, 0.2) is 0 Å². The highest BCUT2D eigenvalue weighted by molar-refractivity contribution is 5.96. The fourth-order valence-electron chi connectivity index (χ4n) is 10.7. The first-order valence-corrected chi connectivity index (χ1v) is 24.7. The minimum Gasteiger partial charge on any atom is -0.512 e. The highest BCUT2D eigenvalue weighted by atomic mass is 16.5. The highest BCUT2D eigenvalue weighted by Crippen LogP contribution is 2.46. The second kappa shape index (κ2) is 21.6. The Labute approximate surface area is 387 Å². The monoisotopic (exact) mass is 891 g/mol. The Balaban J connectivity index is 1.24. The van der Waals surface area contributed by atoms with Crippen LogP contribution >= 0.6 is 0 Å². The zero-order valence-electron chi connectivity index (χ0n) is 41.5. The lowest BCUT2D eigenvalue weighted by molar-refractivity contribution is -0.144. The molecule has 1 unspecified atom stereocenters. The van der Waals surface area contributed by atoms with E-state index >= 15 is 0 Å². The van der Waals surface area contributed by atoms with Crippen LogP contribution in [0.4, 0.5) is 0 Å².